The molecule has 3 rings (SSSR count). The van der Waals surface area contributed by atoms with Crippen molar-refractivity contribution in [2.75, 3.05) is 19.6 Å². The Hall–Kier alpha value is -0.570. The molecule has 0 aromatic rings. The third-order valence-corrected chi connectivity index (χ3v) is 7.04. The van der Waals surface area contributed by atoms with Crippen LogP contribution >= 0.6 is 0 Å². The van der Waals surface area contributed by atoms with Gasteiger partial charge in [-0.3, -0.25) is 9.69 Å². The molecule has 0 unspecified atom stereocenters. The van der Waals surface area contributed by atoms with Gasteiger partial charge in [-0.1, -0.05) is 33.6 Å². The van der Waals surface area contributed by atoms with E-state index in [0.717, 1.165) is 25.4 Å². The van der Waals surface area contributed by atoms with Gasteiger partial charge in [-0.25, -0.2) is 0 Å². The van der Waals surface area contributed by atoms with Crippen molar-refractivity contribution >= 4 is 5.97 Å². The van der Waals surface area contributed by atoms with E-state index in [0.29, 0.717) is 12.0 Å². The van der Waals surface area contributed by atoms with Crippen molar-refractivity contribution < 1.29 is 9.53 Å². The number of fused-ring (bicyclic) bond motifs is 2. The van der Waals surface area contributed by atoms with Crippen LogP contribution in [0.15, 0.2) is 0 Å². The number of likely N-dealkylation sites (tertiary alicyclic amines) is 1. The van der Waals surface area contributed by atoms with Gasteiger partial charge in [0.1, 0.15) is 6.10 Å². The Morgan fingerprint density at radius 2 is 1.81 bits per heavy atom. The summed E-state index contributed by atoms with van der Waals surface area (Å²) in [4.78, 5) is 14.6. The van der Waals surface area contributed by atoms with Crippen molar-refractivity contribution in [3.8, 4) is 0 Å². The normalized spacial score (nSPS) is 39.2. The summed E-state index contributed by atoms with van der Waals surface area (Å²) >= 11 is 0. The Bertz CT molecular complexity index is 398. The number of carbonyl (C=O) groups is 1. The third-order valence-electron chi connectivity index (χ3n) is 7.04. The summed E-state index contributed by atoms with van der Waals surface area (Å²) < 4.78 is 5.95. The van der Waals surface area contributed by atoms with Gasteiger partial charge >= 0.3 is 5.97 Å². The Morgan fingerprint density at radius 3 is 2.33 bits per heavy atom. The van der Waals surface area contributed by atoms with Gasteiger partial charge in [0.05, 0.1) is 6.54 Å². The topological polar surface area (TPSA) is 29.5 Å². The standard InChI is InChI=1S/C18H31NO2/c1-17(2)14-8-9-18(17,3)15(12-14)21-16(20)13-19-10-6-4-5-7-11-19/h14-15H,4-13H2,1-3H3/t14-,15-,18+/m1/s1. The SMILES string of the molecule is CC1(C)[C@@H]2CC[C@@]1(C)[C@H](OC(=O)CN1CCCCCC1)C2. The summed E-state index contributed by atoms with van der Waals surface area (Å²) in [6.07, 6.45) is 8.81. The summed E-state index contributed by atoms with van der Waals surface area (Å²) in [5, 5.41) is 0. The molecule has 120 valence electrons. The lowest BCUT2D eigenvalue weighted by Gasteiger charge is -2.38. The molecule has 21 heavy (non-hydrogen) atoms. The van der Waals surface area contributed by atoms with Crippen molar-refractivity contribution in [1.82, 2.24) is 4.90 Å². The van der Waals surface area contributed by atoms with Gasteiger partial charge in [-0.2, -0.15) is 0 Å². The highest BCUT2D eigenvalue weighted by atomic mass is 16.5. The minimum absolute atomic E-state index is 0.00600. The Morgan fingerprint density at radius 1 is 1.14 bits per heavy atom. The minimum atomic E-state index is 0.00600. The van der Waals surface area contributed by atoms with Crippen LogP contribution in [0.3, 0.4) is 0 Å². The van der Waals surface area contributed by atoms with Crippen LogP contribution < -0.4 is 0 Å². The molecule has 1 aliphatic heterocycles. The molecule has 0 aromatic carbocycles. The predicted octanol–water partition coefficient (Wildman–Crippen LogP) is 3.62. The number of nitrogens with zero attached hydrogens (tertiary/aromatic N) is 1. The molecule has 0 aromatic heterocycles. The number of ether oxygens (including phenoxy) is 1. The summed E-state index contributed by atoms with van der Waals surface area (Å²) in [5.74, 6) is 0.741. The van der Waals surface area contributed by atoms with E-state index >= 15 is 0 Å². The molecule has 3 atom stereocenters. The average molecular weight is 293 g/mol. The number of hydrogen-bond donors (Lipinski definition) is 0. The maximum absolute atomic E-state index is 12.3. The zero-order valence-corrected chi connectivity index (χ0v) is 14.0. The van der Waals surface area contributed by atoms with Gasteiger partial charge < -0.3 is 4.74 Å². The molecule has 2 bridgehead atoms. The van der Waals surface area contributed by atoms with Crippen molar-refractivity contribution in [2.24, 2.45) is 16.7 Å². The monoisotopic (exact) mass is 293 g/mol. The van der Waals surface area contributed by atoms with E-state index < -0.39 is 0 Å². The smallest absolute Gasteiger partial charge is 0.320 e. The van der Waals surface area contributed by atoms with Crippen molar-refractivity contribution in [1.29, 1.82) is 0 Å². The molecular formula is C18H31NO2. The molecule has 0 spiro atoms. The second-order valence-electron chi connectivity index (χ2n) is 8.28. The quantitative estimate of drug-likeness (QED) is 0.744. The number of hydrogen-bond acceptors (Lipinski definition) is 3. The fraction of sp³-hybridized carbons (Fsp3) is 0.944. The van der Waals surface area contributed by atoms with Gasteiger partial charge in [-0.15, -0.1) is 0 Å². The summed E-state index contributed by atoms with van der Waals surface area (Å²) in [6.45, 7) is 9.69. The molecular weight excluding hydrogens is 262 g/mol. The highest BCUT2D eigenvalue weighted by Crippen LogP contribution is 2.66. The lowest BCUT2D eigenvalue weighted by molar-refractivity contribution is -0.158. The fourth-order valence-electron chi connectivity index (χ4n) is 4.98. The first-order valence-corrected chi connectivity index (χ1v) is 8.85. The molecule has 3 aliphatic rings. The third kappa shape index (κ3) is 2.62. The molecule has 2 aliphatic carbocycles. The van der Waals surface area contributed by atoms with E-state index in [-0.39, 0.29) is 17.5 Å². The first-order chi connectivity index (χ1) is 9.93. The van der Waals surface area contributed by atoms with Gasteiger partial charge in [0.15, 0.2) is 0 Å². The zero-order chi connectivity index (χ0) is 15.1. The second kappa shape index (κ2) is 5.57. The Kier molecular flexibility index (Phi) is 4.06. The van der Waals surface area contributed by atoms with Crippen molar-refractivity contribution in [3.63, 3.8) is 0 Å². The molecule has 1 saturated heterocycles. The van der Waals surface area contributed by atoms with E-state index in [9.17, 15) is 4.79 Å². The molecule has 3 nitrogen and oxygen atoms in total. The van der Waals surface area contributed by atoms with Crippen LogP contribution in [-0.4, -0.2) is 36.6 Å². The van der Waals surface area contributed by atoms with E-state index in [1.54, 1.807) is 0 Å². The van der Waals surface area contributed by atoms with Gasteiger partial charge in [0.25, 0.3) is 0 Å². The van der Waals surface area contributed by atoms with Crippen LogP contribution in [0.25, 0.3) is 0 Å². The summed E-state index contributed by atoms with van der Waals surface area (Å²) in [5.41, 5.74) is 0.507. The van der Waals surface area contributed by atoms with Gasteiger partial charge in [-0.05, 0) is 56.5 Å². The van der Waals surface area contributed by atoms with E-state index in [2.05, 4.69) is 25.7 Å². The Labute approximate surface area is 129 Å². The van der Waals surface area contributed by atoms with Crippen LogP contribution in [0.5, 0.6) is 0 Å². The Balaban J connectivity index is 1.56. The molecule has 0 radical (unpaired) electrons. The van der Waals surface area contributed by atoms with Crippen LogP contribution in [0.1, 0.15) is 65.7 Å². The van der Waals surface area contributed by atoms with Crippen LogP contribution in [0, 0.1) is 16.7 Å². The fourth-order valence-corrected chi connectivity index (χ4v) is 4.98. The highest BCUT2D eigenvalue weighted by Gasteiger charge is 2.62. The van der Waals surface area contributed by atoms with E-state index in [4.69, 9.17) is 4.74 Å². The summed E-state index contributed by atoms with van der Waals surface area (Å²) in [7, 11) is 0. The van der Waals surface area contributed by atoms with Crippen molar-refractivity contribution in [2.45, 2.75) is 71.8 Å². The van der Waals surface area contributed by atoms with E-state index in [1.807, 2.05) is 0 Å². The predicted molar refractivity (Wildman–Crippen MR) is 84.0 cm³/mol. The van der Waals surface area contributed by atoms with E-state index in [1.165, 1.54) is 38.5 Å². The number of esters is 1. The van der Waals surface area contributed by atoms with Gasteiger partial charge in [0.2, 0.25) is 0 Å². The molecule has 3 heteroatoms. The van der Waals surface area contributed by atoms with Crippen LogP contribution in [-0.2, 0) is 9.53 Å². The molecule has 2 saturated carbocycles. The molecule has 3 fully saturated rings. The average Bonchev–Trinajstić information content (AvgIpc) is 2.69. The van der Waals surface area contributed by atoms with Crippen molar-refractivity contribution in [3.05, 3.63) is 0 Å². The lowest BCUT2D eigenvalue weighted by atomic mass is 9.70. The molecule has 0 amide bonds. The lowest BCUT2D eigenvalue weighted by Crippen LogP contribution is -2.40. The second-order valence-corrected chi connectivity index (χ2v) is 8.28. The summed E-state index contributed by atoms with van der Waals surface area (Å²) in [6, 6.07) is 0. The van der Waals surface area contributed by atoms with Crippen LogP contribution in [0.4, 0.5) is 0 Å². The maximum Gasteiger partial charge on any atom is 0.320 e. The number of carbonyl (C=O) groups excluding carboxylic acids is 1. The highest BCUT2D eigenvalue weighted by molar-refractivity contribution is 5.72. The number of rotatable bonds is 3. The zero-order valence-electron chi connectivity index (χ0n) is 14.0. The first kappa shape index (κ1) is 15.3. The van der Waals surface area contributed by atoms with Crippen LogP contribution in [0.2, 0.25) is 0 Å². The molecule has 0 N–H and O–H groups in total. The molecule has 1 heterocycles. The minimum Gasteiger partial charge on any atom is -0.461 e. The maximum atomic E-state index is 12.3. The van der Waals surface area contributed by atoms with Gasteiger partial charge in [0, 0.05) is 5.41 Å². The first-order valence-electron chi connectivity index (χ1n) is 8.85. The largest absolute Gasteiger partial charge is 0.461 e.